The van der Waals surface area contributed by atoms with Crippen LogP contribution in [0.5, 0.6) is 5.75 Å². The molecule has 0 unspecified atom stereocenters. The number of carbonyl (C=O) groups excluding carboxylic acids is 2. The summed E-state index contributed by atoms with van der Waals surface area (Å²) in [6.45, 7) is 0.668. The molecule has 234 valence electrons. The number of hydrogen-bond acceptors (Lipinski definition) is 10. The van der Waals surface area contributed by atoms with Gasteiger partial charge in [0, 0.05) is 79.3 Å². The van der Waals surface area contributed by atoms with Crippen LogP contribution in [0.3, 0.4) is 0 Å². The fraction of sp³-hybridized carbons (Fsp3) is 0.448. The molecule has 0 bridgehead atoms. The number of hydrazine groups is 1. The minimum Gasteiger partial charge on any atom is -0.434 e. The van der Waals surface area contributed by atoms with Gasteiger partial charge in [-0.25, -0.2) is 10.4 Å². The topological polar surface area (TPSA) is 107 Å². The second-order valence-electron chi connectivity index (χ2n) is 10.7. The number of piperidine rings is 1. The maximum Gasteiger partial charge on any atom is 0.387 e. The third kappa shape index (κ3) is 6.80. The number of aromatic nitrogens is 2. The monoisotopic (exact) mass is 644 g/mol. The molecule has 2 fully saturated rings. The van der Waals surface area contributed by atoms with Crippen molar-refractivity contribution in [2.45, 2.75) is 36.9 Å². The van der Waals surface area contributed by atoms with Gasteiger partial charge in [-0.05, 0) is 43.4 Å². The lowest BCUT2D eigenvalue weighted by molar-refractivity contribution is -0.133. The predicted molar refractivity (Wildman–Crippen MR) is 168 cm³/mol. The molecule has 0 radical (unpaired) electrons. The molecular weight excluding hydrogens is 611 g/mol. The zero-order valence-electron chi connectivity index (χ0n) is 24.2. The number of thioether (sulfide) groups is 2. The van der Waals surface area contributed by atoms with Gasteiger partial charge in [-0.3, -0.25) is 24.2 Å². The van der Waals surface area contributed by atoms with Crippen LogP contribution in [0.25, 0.3) is 11.3 Å². The molecule has 0 spiro atoms. The van der Waals surface area contributed by atoms with E-state index in [2.05, 4.69) is 25.7 Å². The summed E-state index contributed by atoms with van der Waals surface area (Å²) in [6, 6.07) is 5.32. The summed E-state index contributed by atoms with van der Waals surface area (Å²) < 4.78 is 33.1. The first kappa shape index (κ1) is 30.6. The molecule has 15 heteroatoms. The maximum atomic E-state index is 13.5. The number of hydrogen-bond donors (Lipinski definition) is 2. The van der Waals surface area contributed by atoms with E-state index < -0.39 is 12.5 Å². The van der Waals surface area contributed by atoms with Gasteiger partial charge in [0.1, 0.15) is 18.0 Å². The molecule has 44 heavy (non-hydrogen) atoms. The molecule has 1 aromatic carbocycles. The Bertz CT molecular complexity index is 1480. The van der Waals surface area contributed by atoms with E-state index in [-0.39, 0.29) is 41.7 Å². The van der Waals surface area contributed by atoms with Crippen molar-refractivity contribution < 1.29 is 23.1 Å². The molecule has 2 N–H and O–H groups in total. The molecule has 0 saturated carbocycles. The standard InChI is InChI=1S/C29H34F2N8O3S2/c1-43-20-3-4-24(42-29(30)31)21(15-20)26-23(34-28(41)22-16-33-39-8-2-7-32-27(22)39)17-38(35-26)18-25(40)37-9-5-19(6-10-37)36-11-13-44-14-12-36/h2-4,7-8,15,17,19,29,33H,5-6,9-14,16,18H2,1H3,(H,34,41). The zero-order chi connectivity index (χ0) is 30.6. The van der Waals surface area contributed by atoms with E-state index in [1.807, 2.05) is 22.9 Å². The van der Waals surface area contributed by atoms with E-state index in [0.29, 0.717) is 30.5 Å². The van der Waals surface area contributed by atoms with Gasteiger partial charge in [-0.1, -0.05) is 0 Å². The highest BCUT2D eigenvalue weighted by Gasteiger charge is 2.30. The van der Waals surface area contributed by atoms with Crippen LogP contribution in [0.15, 0.2) is 58.0 Å². The van der Waals surface area contributed by atoms with Crippen LogP contribution in [-0.2, 0) is 16.1 Å². The number of aliphatic imine (C=N–C) groups is 1. The number of likely N-dealkylation sites (tertiary alicyclic amines) is 1. The molecule has 2 aromatic rings. The molecule has 4 aliphatic rings. The van der Waals surface area contributed by atoms with Crippen LogP contribution in [-0.4, -0.2) is 106 Å². The number of benzene rings is 1. The predicted octanol–water partition coefficient (Wildman–Crippen LogP) is 3.48. The summed E-state index contributed by atoms with van der Waals surface area (Å²) in [5, 5.41) is 9.18. The summed E-state index contributed by atoms with van der Waals surface area (Å²) in [7, 11) is 0. The fourth-order valence-corrected chi connectivity index (χ4v) is 7.19. The quantitative estimate of drug-likeness (QED) is 0.397. The van der Waals surface area contributed by atoms with Crippen molar-refractivity contribution in [1.29, 1.82) is 0 Å². The van der Waals surface area contributed by atoms with Gasteiger partial charge in [0.25, 0.3) is 5.91 Å². The summed E-state index contributed by atoms with van der Waals surface area (Å²) in [5.74, 6) is 2.18. The Morgan fingerprint density at radius 1 is 1.20 bits per heavy atom. The van der Waals surface area contributed by atoms with Crippen molar-refractivity contribution in [3.05, 3.63) is 48.1 Å². The molecule has 5 heterocycles. The Labute approximate surface area is 262 Å². The zero-order valence-corrected chi connectivity index (χ0v) is 25.9. The number of rotatable bonds is 9. The molecule has 2 amide bonds. The van der Waals surface area contributed by atoms with E-state index in [0.717, 1.165) is 42.3 Å². The second kappa shape index (κ2) is 13.7. The highest BCUT2D eigenvalue weighted by atomic mass is 32.2. The molecule has 11 nitrogen and oxygen atoms in total. The summed E-state index contributed by atoms with van der Waals surface area (Å²) >= 11 is 3.42. The maximum absolute atomic E-state index is 13.5. The van der Waals surface area contributed by atoms with Gasteiger partial charge in [0.2, 0.25) is 5.91 Å². The van der Waals surface area contributed by atoms with Crippen molar-refractivity contribution in [3.63, 3.8) is 0 Å². The molecule has 4 aliphatic heterocycles. The minimum absolute atomic E-state index is 0.0560. The van der Waals surface area contributed by atoms with Crippen LogP contribution < -0.4 is 15.5 Å². The van der Waals surface area contributed by atoms with Crippen LogP contribution in [0.4, 0.5) is 14.5 Å². The molecular formula is C29H34F2N8O3S2. The van der Waals surface area contributed by atoms with Crippen molar-refractivity contribution in [2.75, 3.05) is 55.8 Å². The Hall–Kier alpha value is -3.40. The Balaban J connectivity index is 1.25. The highest BCUT2D eigenvalue weighted by Crippen LogP contribution is 2.38. The van der Waals surface area contributed by atoms with Gasteiger partial charge in [-0.2, -0.15) is 25.6 Å². The molecule has 0 atom stereocenters. The Morgan fingerprint density at radius 3 is 2.75 bits per heavy atom. The van der Waals surface area contributed by atoms with Gasteiger partial charge in [0.15, 0.2) is 5.82 Å². The van der Waals surface area contributed by atoms with Crippen LogP contribution in [0, 0.1) is 0 Å². The lowest BCUT2D eigenvalue weighted by Gasteiger charge is -2.40. The number of nitrogens with zero attached hydrogens (tertiary/aromatic N) is 6. The van der Waals surface area contributed by atoms with Crippen molar-refractivity contribution in [3.8, 4) is 17.0 Å². The largest absolute Gasteiger partial charge is 0.434 e. The number of halogens is 2. The molecule has 2 saturated heterocycles. The third-order valence-corrected chi connectivity index (χ3v) is 9.73. The summed E-state index contributed by atoms with van der Waals surface area (Å²) in [6.07, 6.45) is 10.4. The first-order valence-corrected chi connectivity index (χ1v) is 16.9. The number of fused-ring (bicyclic) bond motifs is 1. The number of alkyl halides is 2. The van der Waals surface area contributed by atoms with E-state index >= 15 is 0 Å². The first-order valence-electron chi connectivity index (χ1n) is 14.5. The van der Waals surface area contributed by atoms with E-state index in [9.17, 15) is 18.4 Å². The first-order chi connectivity index (χ1) is 21.4. The SMILES string of the molecule is CSc1ccc(OC(F)F)c(-c2nn(CC(=O)N3CCC(N4CCSCC4)CC3)cc2NC(=O)C2=C3N=CC=CN3NC2)c1. The second-order valence-corrected chi connectivity index (χ2v) is 12.8. The summed E-state index contributed by atoms with van der Waals surface area (Å²) in [5.41, 5.74) is 4.24. The number of anilines is 1. The van der Waals surface area contributed by atoms with Gasteiger partial charge in [0.05, 0.1) is 11.3 Å². The Morgan fingerprint density at radius 2 is 2.00 bits per heavy atom. The third-order valence-electron chi connectivity index (χ3n) is 8.06. The van der Waals surface area contributed by atoms with Gasteiger partial charge in [-0.15, -0.1) is 11.8 Å². The van der Waals surface area contributed by atoms with Crippen LogP contribution in [0.1, 0.15) is 12.8 Å². The Kier molecular flexibility index (Phi) is 9.54. The average Bonchev–Trinajstić information content (AvgIpc) is 3.65. The summed E-state index contributed by atoms with van der Waals surface area (Å²) in [4.78, 5) is 36.4. The lowest BCUT2D eigenvalue weighted by atomic mass is 10.0. The van der Waals surface area contributed by atoms with E-state index in [1.54, 1.807) is 41.8 Å². The average molecular weight is 645 g/mol. The number of ether oxygens (including phenoxy) is 1. The van der Waals surface area contributed by atoms with Crippen LogP contribution >= 0.6 is 23.5 Å². The number of nitrogens with one attached hydrogen (secondary N) is 2. The lowest BCUT2D eigenvalue weighted by Crippen LogP contribution is -2.49. The van der Waals surface area contributed by atoms with Crippen molar-refractivity contribution in [2.24, 2.45) is 4.99 Å². The van der Waals surface area contributed by atoms with E-state index in [4.69, 9.17) is 4.74 Å². The molecule has 1 aromatic heterocycles. The normalized spacial score (nSPS) is 19.2. The van der Waals surface area contributed by atoms with Crippen molar-refractivity contribution >= 4 is 47.2 Å². The smallest absolute Gasteiger partial charge is 0.387 e. The van der Waals surface area contributed by atoms with Crippen LogP contribution in [0.2, 0.25) is 0 Å². The molecule has 0 aliphatic carbocycles. The number of amides is 2. The number of carbonyl (C=O) groups is 2. The van der Waals surface area contributed by atoms with Gasteiger partial charge >= 0.3 is 6.61 Å². The van der Waals surface area contributed by atoms with Crippen molar-refractivity contribution in [1.82, 2.24) is 30.0 Å². The fourth-order valence-electron chi connectivity index (χ4n) is 5.82. The number of allylic oxidation sites excluding steroid dienone is 1. The molecule has 6 rings (SSSR count). The van der Waals surface area contributed by atoms with E-state index in [1.165, 1.54) is 22.5 Å². The minimum atomic E-state index is -3.05. The highest BCUT2D eigenvalue weighted by molar-refractivity contribution is 7.99. The van der Waals surface area contributed by atoms with Gasteiger partial charge < -0.3 is 15.0 Å².